The van der Waals surface area contributed by atoms with Gasteiger partial charge in [-0.05, 0) is 66.1 Å². The van der Waals surface area contributed by atoms with Crippen molar-refractivity contribution in [3.05, 3.63) is 120 Å². The van der Waals surface area contributed by atoms with Gasteiger partial charge in [0.2, 0.25) is 0 Å². The van der Waals surface area contributed by atoms with Gasteiger partial charge in [0.25, 0.3) is 10.0 Å². The van der Waals surface area contributed by atoms with E-state index in [1.165, 1.54) is 71.1 Å². The fraction of sp³-hybridized carbons (Fsp3) is 0.100. The molecule has 2 heterocycles. The highest BCUT2D eigenvalue weighted by molar-refractivity contribution is 7.90. The molecule has 0 amide bonds. The lowest BCUT2D eigenvalue weighted by atomic mass is 10.0. The maximum atomic E-state index is 13.2. The lowest BCUT2D eigenvalue weighted by Gasteiger charge is -2.10. The molecule has 5 rings (SSSR count). The molecule has 0 saturated carbocycles. The van der Waals surface area contributed by atoms with Crippen LogP contribution in [0, 0.1) is 0 Å². The van der Waals surface area contributed by atoms with Crippen molar-refractivity contribution < 1.29 is 46.1 Å². The molecule has 0 aliphatic carbocycles. The Morgan fingerprint density at radius 2 is 1.53 bits per heavy atom. The molecule has 15 heteroatoms. The Bertz CT molecular complexity index is 1890. The van der Waals surface area contributed by atoms with Crippen LogP contribution in [0.15, 0.2) is 102 Å². The first-order chi connectivity index (χ1) is 20.8. The van der Waals surface area contributed by atoms with E-state index in [0.717, 1.165) is 22.6 Å². The van der Waals surface area contributed by atoms with Crippen LogP contribution >= 0.6 is 12.4 Å². The van der Waals surface area contributed by atoms with Crippen molar-refractivity contribution >= 4 is 51.0 Å². The van der Waals surface area contributed by atoms with Crippen LogP contribution in [-0.2, 0) is 16.4 Å². The summed E-state index contributed by atoms with van der Waals surface area (Å²) in [6.07, 6.45) is -0.0539. The standard InChI is InChI=1S/C22H18F3N3O3S.C8H6O4.ClH/c1-26-20-14-28(32(29,30)18-3-2-10-27-13-18)21-12-16(6-9-19(20)21)11-15-4-7-17(8-5-15)31-22(23,24)25;9-7(10)5-2-1-3-6(4-5)8(11)12;/h2-10,12-14,26H,11H2,1H3;1-4H,(H,9,10)(H,11,12);1H. The van der Waals surface area contributed by atoms with Gasteiger partial charge in [-0.25, -0.2) is 22.0 Å². The van der Waals surface area contributed by atoms with E-state index in [0.29, 0.717) is 17.6 Å². The number of carboxylic acid groups (broad SMARTS) is 2. The minimum atomic E-state index is -4.75. The zero-order chi connectivity index (χ0) is 32.1. The Balaban J connectivity index is 0.000000359. The highest BCUT2D eigenvalue weighted by atomic mass is 35.5. The van der Waals surface area contributed by atoms with Crippen LogP contribution in [0.5, 0.6) is 5.75 Å². The predicted octanol–water partition coefficient (Wildman–Crippen LogP) is 6.31. The molecule has 0 bridgehead atoms. The van der Waals surface area contributed by atoms with E-state index in [4.69, 9.17) is 10.2 Å². The minimum absolute atomic E-state index is 0. The number of nitrogens with one attached hydrogen (secondary N) is 1. The SMILES string of the molecule is CNc1cn(S(=O)(=O)c2cccnc2)c2cc(Cc3ccc(OC(F)(F)F)cc3)ccc12.Cl.O=C(O)c1cccc(C(=O)O)c1. The number of ether oxygens (including phenoxy) is 1. The number of carbonyl (C=O) groups is 2. The number of fused-ring (bicyclic) bond motifs is 1. The smallest absolute Gasteiger partial charge is 0.478 e. The molecule has 0 atom stereocenters. The van der Waals surface area contributed by atoms with E-state index in [-0.39, 0.29) is 34.2 Å². The number of anilines is 1. The number of aromatic nitrogens is 2. The average molecular weight is 664 g/mol. The number of halogens is 4. The summed E-state index contributed by atoms with van der Waals surface area (Å²) < 4.78 is 68.5. The second-order valence-corrected chi connectivity index (χ2v) is 11.0. The monoisotopic (exact) mass is 663 g/mol. The Morgan fingerprint density at radius 1 is 0.911 bits per heavy atom. The molecular weight excluding hydrogens is 639 g/mol. The fourth-order valence-corrected chi connectivity index (χ4v) is 5.52. The first-order valence-corrected chi connectivity index (χ1v) is 14.1. The van der Waals surface area contributed by atoms with Crippen molar-refractivity contribution in [1.29, 1.82) is 0 Å². The summed E-state index contributed by atoms with van der Waals surface area (Å²) in [6, 6.07) is 19.2. The van der Waals surface area contributed by atoms with E-state index >= 15 is 0 Å². The number of alkyl halides is 3. The lowest BCUT2D eigenvalue weighted by molar-refractivity contribution is -0.274. The number of pyridine rings is 1. The van der Waals surface area contributed by atoms with Gasteiger partial charge in [-0.2, -0.15) is 0 Å². The maximum absolute atomic E-state index is 13.2. The highest BCUT2D eigenvalue weighted by Gasteiger charge is 2.31. The van der Waals surface area contributed by atoms with E-state index in [2.05, 4.69) is 15.0 Å². The zero-order valence-corrected chi connectivity index (χ0v) is 24.9. The van der Waals surface area contributed by atoms with Gasteiger partial charge in [-0.15, -0.1) is 25.6 Å². The quantitative estimate of drug-likeness (QED) is 0.174. The molecule has 0 aliphatic heterocycles. The molecule has 2 aromatic heterocycles. The van der Waals surface area contributed by atoms with Crippen LogP contribution in [0.25, 0.3) is 10.9 Å². The van der Waals surface area contributed by atoms with E-state index in [1.54, 1.807) is 19.2 Å². The van der Waals surface area contributed by atoms with E-state index in [9.17, 15) is 31.2 Å². The second kappa shape index (κ2) is 14.1. The lowest BCUT2D eigenvalue weighted by Crippen LogP contribution is -2.17. The largest absolute Gasteiger partial charge is 0.573 e. The van der Waals surface area contributed by atoms with Crippen LogP contribution in [0.1, 0.15) is 31.8 Å². The van der Waals surface area contributed by atoms with Crippen molar-refractivity contribution in [3.63, 3.8) is 0 Å². The van der Waals surface area contributed by atoms with Gasteiger partial charge in [0.05, 0.1) is 22.3 Å². The second-order valence-electron chi connectivity index (χ2n) is 9.19. The van der Waals surface area contributed by atoms with Gasteiger partial charge >= 0.3 is 18.3 Å². The third-order valence-electron chi connectivity index (χ3n) is 6.22. The average Bonchev–Trinajstić information content (AvgIpc) is 3.37. The van der Waals surface area contributed by atoms with Crippen molar-refractivity contribution in [1.82, 2.24) is 8.96 Å². The summed E-state index contributed by atoms with van der Waals surface area (Å²) in [4.78, 5) is 24.7. The van der Waals surface area contributed by atoms with Crippen molar-refractivity contribution in [2.45, 2.75) is 17.7 Å². The first kappa shape index (κ1) is 34.4. The van der Waals surface area contributed by atoms with Crippen molar-refractivity contribution in [2.24, 2.45) is 0 Å². The van der Waals surface area contributed by atoms with E-state index < -0.39 is 28.3 Å². The van der Waals surface area contributed by atoms with Crippen LogP contribution in [-0.4, -0.2) is 52.9 Å². The molecule has 0 saturated heterocycles. The Morgan fingerprint density at radius 3 is 2.07 bits per heavy atom. The molecule has 0 unspecified atom stereocenters. The molecule has 5 aromatic rings. The molecule has 45 heavy (non-hydrogen) atoms. The summed E-state index contributed by atoms with van der Waals surface area (Å²) in [6.45, 7) is 0. The number of carboxylic acids is 2. The van der Waals surface area contributed by atoms with Crippen LogP contribution in [0.4, 0.5) is 18.9 Å². The molecule has 3 N–H and O–H groups in total. The summed E-state index contributed by atoms with van der Waals surface area (Å²) in [7, 11) is -2.17. The van der Waals surface area contributed by atoms with Crippen molar-refractivity contribution in [3.8, 4) is 5.75 Å². The molecule has 0 spiro atoms. The van der Waals surface area contributed by atoms with Gasteiger partial charge in [0.1, 0.15) is 10.6 Å². The van der Waals surface area contributed by atoms with Gasteiger partial charge in [-0.3, -0.25) is 4.98 Å². The minimum Gasteiger partial charge on any atom is -0.478 e. The van der Waals surface area contributed by atoms with Gasteiger partial charge in [0.15, 0.2) is 0 Å². The van der Waals surface area contributed by atoms with Gasteiger partial charge in [-0.1, -0.05) is 30.3 Å². The number of nitrogens with zero attached hydrogens (tertiary/aromatic N) is 2. The first-order valence-electron chi connectivity index (χ1n) is 12.7. The van der Waals surface area contributed by atoms with Crippen LogP contribution < -0.4 is 10.1 Å². The highest BCUT2D eigenvalue weighted by Crippen LogP contribution is 2.31. The molecular formula is C30H25ClF3N3O7S. The topological polar surface area (TPSA) is 148 Å². The van der Waals surface area contributed by atoms with Gasteiger partial charge < -0.3 is 20.3 Å². The van der Waals surface area contributed by atoms with E-state index in [1.807, 2.05) is 12.1 Å². The molecule has 10 nitrogen and oxygen atoms in total. The fourth-order valence-electron chi connectivity index (χ4n) is 4.19. The molecule has 0 fully saturated rings. The number of hydrogen-bond acceptors (Lipinski definition) is 7. The van der Waals surface area contributed by atoms with Gasteiger partial charge in [0, 0.05) is 31.0 Å². The third kappa shape index (κ3) is 8.52. The van der Waals surface area contributed by atoms with Crippen molar-refractivity contribution in [2.75, 3.05) is 12.4 Å². The molecule has 0 aliphatic rings. The predicted molar refractivity (Wildman–Crippen MR) is 162 cm³/mol. The summed E-state index contributed by atoms with van der Waals surface area (Å²) in [5.74, 6) is -2.55. The van der Waals surface area contributed by atoms with Crippen LogP contribution in [0.3, 0.4) is 0 Å². The normalized spacial score (nSPS) is 11.1. The Hall–Kier alpha value is -5.08. The number of hydrogen-bond donors (Lipinski definition) is 3. The molecule has 3 aromatic carbocycles. The number of benzene rings is 3. The number of aromatic carboxylic acids is 2. The summed E-state index contributed by atoms with van der Waals surface area (Å²) in [5, 5.41) is 20.7. The van der Waals surface area contributed by atoms with Crippen LogP contribution in [0.2, 0.25) is 0 Å². The summed E-state index contributed by atoms with van der Waals surface area (Å²) in [5.41, 5.74) is 2.64. The molecule has 236 valence electrons. The third-order valence-corrected chi connectivity index (χ3v) is 7.88. The zero-order valence-electron chi connectivity index (χ0n) is 23.2. The Kier molecular flexibility index (Phi) is 10.8. The summed E-state index contributed by atoms with van der Waals surface area (Å²) >= 11 is 0. The number of rotatable bonds is 8. The Labute approximate surface area is 261 Å². The molecule has 0 radical (unpaired) electrons. The maximum Gasteiger partial charge on any atom is 0.573 e.